The molecule has 2 aliphatic heterocycles. The molecule has 5 atom stereocenters. The van der Waals surface area contributed by atoms with Gasteiger partial charge in [-0.05, 0) is 38.5 Å². The molecule has 0 aromatic carbocycles. The normalized spacial score (nSPS) is 36.1. The molecule has 192 valence electrons. The number of rotatable bonds is 8. The summed E-state index contributed by atoms with van der Waals surface area (Å²) in [6, 6.07) is 0. The van der Waals surface area contributed by atoms with E-state index in [-0.39, 0.29) is 29.1 Å². The van der Waals surface area contributed by atoms with Gasteiger partial charge in [-0.1, -0.05) is 47.3 Å². The highest BCUT2D eigenvalue weighted by Crippen LogP contribution is 2.53. The average Bonchev–Trinajstić information content (AvgIpc) is 3.18. The van der Waals surface area contributed by atoms with Crippen LogP contribution in [0.1, 0.15) is 73.1 Å². The summed E-state index contributed by atoms with van der Waals surface area (Å²) in [6.07, 6.45) is 4.81. The van der Waals surface area contributed by atoms with Gasteiger partial charge in [0.2, 0.25) is 11.7 Å². The molecule has 0 aromatic rings. The minimum atomic E-state index is -1.78. The zero-order valence-corrected chi connectivity index (χ0v) is 23.1. The topological polar surface area (TPSA) is 75.3 Å². The number of hydrogen-bond acceptors (Lipinski definition) is 6. The molecular weight excluding hydrogens is 438 g/mol. The molecule has 2 saturated heterocycles. The van der Waals surface area contributed by atoms with Crippen LogP contribution in [-0.2, 0) is 28.8 Å². The molecule has 7 nitrogen and oxygen atoms in total. The van der Waals surface area contributed by atoms with Gasteiger partial charge in [-0.2, -0.15) is 4.89 Å². The van der Waals surface area contributed by atoms with Gasteiger partial charge in [0.1, 0.15) is 8.07 Å². The van der Waals surface area contributed by atoms with Crippen LogP contribution >= 0.6 is 0 Å². The van der Waals surface area contributed by atoms with Gasteiger partial charge in [0.05, 0.1) is 13.2 Å². The molecule has 1 N–H and O–H groups in total. The number of nitrogens with one attached hydrogen (secondary N) is 1. The Morgan fingerprint density at radius 2 is 1.76 bits per heavy atom. The van der Waals surface area contributed by atoms with Gasteiger partial charge >= 0.3 is 0 Å². The van der Waals surface area contributed by atoms with Crippen molar-refractivity contribution in [1.82, 2.24) is 5.32 Å². The lowest BCUT2D eigenvalue weighted by atomic mass is 9.67. The van der Waals surface area contributed by atoms with Crippen molar-refractivity contribution in [3.63, 3.8) is 0 Å². The van der Waals surface area contributed by atoms with Crippen molar-refractivity contribution < 1.29 is 28.8 Å². The largest absolute Gasteiger partial charge is 0.356 e. The molecule has 33 heavy (non-hydrogen) atoms. The molecule has 3 fully saturated rings. The fourth-order valence-electron chi connectivity index (χ4n) is 5.16. The van der Waals surface area contributed by atoms with E-state index in [4.69, 9.17) is 24.0 Å². The van der Waals surface area contributed by atoms with Gasteiger partial charge < -0.3 is 19.5 Å². The Morgan fingerprint density at radius 1 is 1.09 bits per heavy atom. The zero-order chi connectivity index (χ0) is 24.5. The molecule has 3 rings (SSSR count). The Balaban J connectivity index is 1.79. The summed E-state index contributed by atoms with van der Waals surface area (Å²) >= 11 is 0. The van der Waals surface area contributed by atoms with Crippen molar-refractivity contribution in [1.29, 1.82) is 0 Å². The van der Waals surface area contributed by atoms with Gasteiger partial charge in [0.25, 0.3) is 0 Å². The summed E-state index contributed by atoms with van der Waals surface area (Å²) in [7, 11) is -1.78. The third-order valence-corrected chi connectivity index (χ3v) is 9.09. The Labute approximate surface area is 201 Å². The third kappa shape index (κ3) is 6.38. The van der Waals surface area contributed by atoms with Crippen LogP contribution in [0, 0.1) is 23.2 Å². The van der Waals surface area contributed by atoms with Gasteiger partial charge in [0.15, 0.2) is 11.7 Å². The Bertz CT molecular complexity index is 670. The summed E-state index contributed by atoms with van der Waals surface area (Å²) in [5, 5.41) is 3.03. The summed E-state index contributed by atoms with van der Waals surface area (Å²) in [5.41, 5.74) is 0.0336. The number of carbonyl (C=O) groups excluding carboxylic acids is 1. The van der Waals surface area contributed by atoms with E-state index in [1.54, 1.807) is 0 Å². The summed E-state index contributed by atoms with van der Waals surface area (Å²) < 4.78 is 19.1. The second-order valence-electron chi connectivity index (χ2n) is 12.5. The summed E-state index contributed by atoms with van der Waals surface area (Å²) in [4.78, 5) is 24.7. The lowest BCUT2D eigenvalue weighted by molar-refractivity contribution is -0.370. The smallest absolute Gasteiger partial charge is 0.220 e. The van der Waals surface area contributed by atoms with Gasteiger partial charge in [0, 0.05) is 36.6 Å². The molecule has 1 aliphatic carbocycles. The van der Waals surface area contributed by atoms with E-state index in [9.17, 15) is 4.79 Å². The van der Waals surface area contributed by atoms with E-state index < -0.39 is 19.6 Å². The molecule has 0 bridgehead atoms. The Morgan fingerprint density at radius 3 is 2.33 bits per heavy atom. The van der Waals surface area contributed by atoms with Crippen molar-refractivity contribution in [2.75, 3.05) is 19.8 Å². The summed E-state index contributed by atoms with van der Waals surface area (Å²) in [5.74, 6) is -1.37. The van der Waals surface area contributed by atoms with Crippen molar-refractivity contribution in [3.05, 3.63) is 0 Å². The van der Waals surface area contributed by atoms with E-state index in [1.165, 1.54) is 0 Å². The van der Waals surface area contributed by atoms with E-state index in [0.717, 1.165) is 32.1 Å². The van der Waals surface area contributed by atoms with E-state index in [1.807, 2.05) is 6.92 Å². The SMILES string of the molecule is CCCNC(=O)C[C@@H]1CC[C@@H](C)[C@H](CCC2(C)OCC(C)(C)CO2)C12OOC([Si](C)(C)C)O2. The molecule has 3 aliphatic rings. The number of ether oxygens (including phenoxy) is 3. The minimum Gasteiger partial charge on any atom is -0.356 e. The molecule has 0 radical (unpaired) electrons. The van der Waals surface area contributed by atoms with Crippen molar-refractivity contribution in [3.8, 4) is 0 Å². The highest BCUT2D eigenvalue weighted by atomic mass is 28.3. The van der Waals surface area contributed by atoms with Crippen molar-refractivity contribution >= 4 is 14.0 Å². The Kier molecular flexibility index (Phi) is 8.39. The number of hydrogen-bond donors (Lipinski definition) is 1. The first-order chi connectivity index (χ1) is 15.3. The second kappa shape index (κ2) is 10.2. The van der Waals surface area contributed by atoms with E-state index in [2.05, 4.69) is 52.7 Å². The molecule has 8 heteroatoms. The Hall–Kier alpha value is -0.513. The number of amides is 1. The molecule has 1 saturated carbocycles. The molecule has 0 aromatic heterocycles. The third-order valence-electron chi connectivity index (χ3n) is 7.46. The van der Waals surface area contributed by atoms with E-state index in [0.29, 0.717) is 32.1 Å². The minimum absolute atomic E-state index is 0.0336. The van der Waals surface area contributed by atoms with Crippen LogP contribution in [0.15, 0.2) is 0 Å². The fraction of sp³-hybridized carbons (Fsp3) is 0.960. The van der Waals surface area contributed by atoms with Crippen LogP contribution in [-0.4, -0.2) is 51.2 Å². The fourth-order valence-corrected chi connectivity index (χ4v) is 6.03. The van der Waals surface area contributed by atoms with Crippen LogP contribution in [0.4, 0.5) is 0 Å². The maximum absolute atomic E-state index is 12.7. The van der Waals surface area contributed by atoms with Gasteiger partial charge in [-0.15, -0.1) is 0 Å². The second-order valence-corrected chi connectivity index (χ2v) is 17.7. The maximum Gasteiger partial charge on any atom is 0.220 e. The van der Waals surface area contributed by atoms with Crippen molar-refractivity contribution in [2.45, 2.75) is 110 Å². The molecular formula is C25H47NO6Si. The van der Waals surface area contributed by atoms with Crippen LogP contribution in [0.2, 0.25) is 19.6 Å². The van der Waals surface area contributed by atoms with Crippen molar-refractivity contribution in [2.24, 2.45) is 23.2 Å². The average molecular weight is 486 g/mol. The lowest BCUT2D eigenvalue weighted by Gasteiger charge is -2.48. The zero-order valence-electron chi connectivity index (χ0n) is 22.1. The standard InChI is InChI=1S/C25H47NO6Si/c1-9-14-26-21(27)15-19-11-10-18(2)20(25(19)30-22(31-32-25)33(6,7)8)12-13-24(5)28-16-23(3,4)17-29-24/h18-20,22H,9-17H2,1-8H3,(H,26,27)/t18-,19+,20+,22?,25?/m1/s1. The van der Waals surface area contributed by atoms with Crippen LogP contribution in [0.3, 0.4) is 0 Å². The van der Waals surface area contributed by atoms with Crippen LogP contribution < -0.4 is 5.32 Å². The van der Waals surface area contributed by atoms with E-state index >= 15 is 0 Å². The highest BCUT2D eigenvalue weighted by Gasteiger charge is 2.60. The monoisotopic (exact) mass is 485 g/mol. The first kappa shape index (κ1) is 27.1. The first-order valence-corrected chi connectivity index (χ1v) is 16.4. The number of carbonyl (C=O) groups is 1. The molecule has 1 spiro atoms. The maximum atomic E-state index is 12.7. The highest BCUT2D eigenvalue weighted by molar-refractivity contribution is 6.77. The van der Waals surface area contributed by atoms with Crippen LogP contribution in [0.5, 0.6) is 0 Å². The quantitative estimate of drug-likeness (QED) is 0.385. The molecule has 2 unspecified atom stereocenters. The van der Waals surface area contributed by atoms with Gasteiger partial charge in [-0.25, -0.2) is 4.89 Å². The predicted octanol–water partition coefficient (Wildman–Crippen LogP) is 5.01. The molecule has 2 heterocycles. The predicted molar refractivity (Wildman–Crippen MR) is 130 cm³/mol. The van der Waals surface area contributed by atoms with Gasteiger partial charge in [-0.3, -0.25) is 4.79 Å². The lowest BCUT2D eigenvalue weighted by Crippen LogP contribution is -2.55. The molecule has 1 amide bonds. The summed E-state index contributed by atoms with van der Waals surface area (Å²) in [6.45, 7) is 19.4. The van der Waals surface area contributed by atoms with Crippen LogP contribution in [0.25, 0.3) is 0 Å². The first-order valence-electron chi connectivity index (χ1n) is 12.9.